The summed E-state index contributed by atoms with van der Waals surface area (Å²) in [5.41, 5.74) is 12.5. The molecule has 4 N–H and O–H groups in total. The quantitative estimate of drug-likeness (QED) is 0.485. The van der Waals surface area contributed by atoms with Crippen molar-refractivity contribution in [3.05, 3.63) is 36.1 Å². The van der Waals surface area contributed by atoms with Crippen LogP contribution in [0.15, 0.2) is 36.1 Å². The molecule has 0 aromatic heterocycles. The van der Waals surface area contributed by atoms with Crippen molar-refractivity contribution in [3.8, 4) is 0 Å². The molecule has 0 radical (unpaired) electrons. The molecular weight excluding hydrogens is 112 g/mol. The molecule has 1 aliphatic carbocycles. The van der Waals surface area contributed by atoms with Crippen LogP contribution in [0.4, 0.5) is 0 Å². The SMILES string of the molecule is C=C1C(N)=CC=CC1N. The number of rotatable bonds is 0. The molecule has 9 heavy (non-hydrogen) atoms. The zero-order chi connectivity index (χ0) is 6.85. The topological polar surface area (TPSA) is 52.0 Å². The molecule has 0 amide bonds. The van der Waals surface area contributed by atoms with Crippen molar-refractivity contribution < 1.29 is 0 Å². The molecule has 2 nitrogen and oxygen atoms in total. The molecule has 0 aromatic carbocycles. The fourth-order valence-electron chi connectivity index (χ4n) is 0.695. The molecule has 0 heterocycles. The van der Waals surface area contributed by atoms with Gasteiger partial charge in [-0.15, -0.1) is 0 Å². The third-order valence-corrected chi connectivity index (χ3v) is 1.37. The van der Waals surface area contributed by atoms with Crippen molar-refractivity contribution in [3.63, 3.8) is 0 Å². The van der Waals surface area contributed by atoms with Gasteiger partial charge in [0, 0.05) is 11.7 Å². The summed E-state index contributed by atoms with van der Waals surface area (Å²) in [4.78, 5) is 0. The van der Waals surface area contributed by atoms with Gasteiger partial charge in [0.1, 0.15) is 0 Å². The predicted octanol–water partition coefficient (Wildman–Crippen LogP) is 0.282. The van der Waals surface area contributed by atoms with Crippen LogP contribution >= 0.6 is 0 Å². The minimum Gasteiger partial charge on any atom is -0.398 e. The number of hydrogen-bond acceptors (Lipinski definition) is 2. The lowest BCUT2D eigenvalue weighted by Gasteiger charge is -2.13. The zero-order valence-corrected chi connectivity index (χ0v) is 5.17. The van der Waals surface area contributed by atoms with Crippen molar-refractivity contribution in [2.75, 3.05) is 0 Å². The molecule has 0 aromatic rings. The Kier molecular flexibility index (Phi) is 1.40. The van der Waals surface area contributed by atoms with E-state index < -0.39 is 0 Å². The number of allylic oxidation sites excluding steroid dienone is 2. The first kappa shape index (κ1) is 6.11. The summed E-state index contributed by atoms with van der Waals surface area (Å²) < 4.78 is 0. The summed E-state index contributed by atoms with van der Waals surface area (Å²) in [5.74, 6) is 0. The van der Waals surface area contributed by atoms with Crippen LogP contribution in [0.5, 0.6) is 0 Å². The summed E-state index contributed by atoms with van der Waals surface area (Å²) in [5, 5.41) is 0. The first-order valence-electron chi connectivity index (χ1n) is 2.80. The van der Waals surface area contributed by atoms with Gasteiger partial charge in [-0.1, -0.05) is 18.7 Å². The predicted molar refractivity (Wildman–Crippen MR) is 38.5 cm³/mol. The van der Waals surface area contributed by atoms with Crippen molar-refractivity contribution >= 4 is 0 Å². The molecule has 1 aliphatic rings. The lowest BCUT2D eigenvalue weighted by atomic mass is 10.0. The van der Waals surface area contributed by atoms with Crippen molar-refractivity contribution in [2.24, 2.45) is 11.5 Å². The minimum atomic E-state index is -0.0880. The second-order valence-corrected chi connectivity index (χ2v) is 2.06. The average molecular weight is 122 g/mol. The van der Waals surface area contributed by atoms with Crippen molar-refractivity contribution in [1.82, 2.24) is 0 Å². The summed E-state index contributed by atoms with van der Waals surface area (Å²) >= 11 is 0. The summed E-state index contributed by atoms with van der Waals surface area (Å²) in [6.07, 6.45) is 5.50. The monoisotopic (exact) mass is 122 g/mol. The molecule has 0 fully saturated rings. The Morgan fingerprint density at radius 2 is 2.22 bits per heavy atom. The van der Waals surface area contributed by atoms with Crippen LogP contribution in [-0.4, -0.2) is 6.04 Å². The van der Waals surface area contributed by atoms with Gasteiger partial charge in [0.2, 0.25) is 0 Å². The van der Waals surface area contributed by atoms with Crippen LogP contribution in [0.25, 0.3) is 0 Å². The second-order valence-electron chi connectivity index (χ2n) is 2.06. The summed E-state index contributed by atoms with van der Waals surface area (Å²) in [6.45, 7) is 3.71. The Morgan fingerprint density at radius 1 is 1.56 bits per heavy atom. The Labute approximate surface area is 54.5 Å². The van der Waals surface area contributed by atoms with E-state index in [-0.39, 0.29) is 6.04 Å². The maximum Gasteiger partial charge on any atom is 0.0498 e. The first-order chi connectivity index (χ1) is 4.22. The van der Waals surface area contributed by atoms with Crippen molar-refractivity contribution in [2.45, 2.75) is 6.04 Å². The highest BCUT2D eigenvalue weighted by molar-refractivity contribution is 5.39. The highest BCUT2D eigenvalue weighted by atomic mass is 14.7. The molecule has 0 aliphatic heterocycles. The van der Waals surface area contributed by atoms with E-state index in [9.17, 15) is 0 Å². The van der Waals surface area contributed by atoms with Crippen LogP contribution in [0.2, 0.25) is 0 Å². The molecule has 48 valence electrons. The van der Waals surface area contributed by atoms with E-state index in [0.29, 0.717) is 5.70 Å². The van der Waals surface area contributed by atoms with E-state index in [4.69, 9.17) is 11.5 Å². The van der Waals surface area contributed by atoms with E-state index in [1.807, 2.05) is 12.2 Å². The average Bonchev–Trinajstić information content (AvgIpc) is 1.83. The molecule has 1 atom stereocenters. The van der Waals surface area contributed by atoms with Gasteiger partial charge < -0.3 is 11.5 Å². The fraction of sp³-hybridized carbons (Fsp3) is 0.143. The summed E-state index contributed by atoms with van der Waals surface area (Å²) in [7, 11) is 0. The van der Waals surface area contributed by atoms with E-state index in [1.54, 1.807) is 6.08 Å². The van der Waals surface area contributed by atoms with Crippen LogP contribution in [0.3, 0.4) is 0 Å². The maximum atomic E-state index is 5.56. The first-order valence-corrected chi connectivity index (χ1v) is 2.80. The molecule has 0 bridgehead atoms. The van der Waals surface area contributed by atoms with Gasteiger partial charge >= 0.3 is 0 Å². The van der Waals surface area contributed by atoms with E-state index >= 15 is 0 Å². The largest absolute Gasteiger partial charge is 0.398 e. The third kappa shape index (κ3) is 1.03. The zero-order valence-electron chi connectivity index (χ0n) is 5.17. The van der Waals surface area contributed by atoms with Gasteiger partial charge in [-0.25, -0.2) is 0 Å². The van der Waals surface area contributed by atoms with Gasteiger partial charge in [-0.2, -0.15) is 0 Å². The fourth-order valence-corrected chi connectivity index (χ4v) is 0.695. The molecule has 0 spiro atoms. The molecule has 2 heteroatoms. The molecular formula is C7H10N2. The van der Waals surface area contributed by atoms with Crippen LogP contribution in [0.1, 0.15) is 0 Å². The van der Waals surface area contributed by atoms with Gasteiger partial charge in [-0.05, 0) is 11.6 Å². The van der Waals surface area contributed by atoms with Crippen LogP contribution in [0, 0.1) is 0 Å². The summed E-state index contributed by atoms with van der Waals surface area (Å²) in [6, 6.07) is -0.0880. The Hall–Kier alpha value is -1.02. The standard InChI is InChI=1S/C7H10N2/c1-5-6(8)3-2-4-7(5)9/h2-4,6H,1,8-9H2. The van der Waals surface area contributed by atoms with Crippen LogP contribution in [-0.2, 0) is 0 Å². The lowest BCUT2D eigenvalue weighted by Crippen LogP contribution is -2.24. The number of hydrogen-bond donors (Lipinski definition) is 2. The van der Waals surface area contributed by atoms with E-state index in [0.717, 1.165) is 5.57 Å². The van der Waals surface area contributed by atoms with Gasteiger partial charge in [0.05, 0.1) is 0 Å². The van der Waals surface area contributed by atoms with Crippen LogP contribution < -0.4 is 11.5 Å². The van der Waals surface area contributed by atoms with E-state index in [1.165, 1.54) is 0 Å². The normalized spacial score (nSPS) is 26.1. The lowest BCUT2D eigenvalue weighted by molar-refractivity contribution is 0.944. The molecule has 1 unspecified atom stereocenters. The molecule has 0 saturated heterocycles. The van der Waals surface area contributed by atoms with Gasteiger partial charge in [-0.3, -0.25) is 0 Å². The second kappa shape index (κ2) is 2.07. The third-order valence-electron chi connectivity index (χ3n) is 1.37. The molecule has 1 rings (SSSR count). The van der Waals surface area contributed by atoms with Gasteiger partial charge in [0.15, 0.2) is 0 Å². The molecule has 0 saturated carbocycles. The Balaban J connectivity index is 2.86. The van der Waals surface area contributed by atoms with Gasteiger partial charge in [0.25, 0.3) is 0 Å². The number of nitrogens with two attached hydrogens (primary N) is 2. The maximum absolute atomic E-state index is 5.56. The Bertz CT molecular complexity index is 189. The highest BCUT2D eigenvalue weighted by Crippen LogP contribution is 2.10. The van der Waals surface area contributed by atoms with Crippen molar-refractivity contribution in [1.29, 1.82) is 0 Å². The smallest absolute Gasteiger partial charge is 0.0498 e. The Morgan fingerprint density at radius 3 is 2.67 bits per heavy atom. The minimum absolute atomic E-state index is 0.0880. The van der Waals surface area contributed by atoms with E-state index in [2.05, 4.69) is 6.58 Å². The highest BCUT2D eigenvalue weighted by Gasteiger charge is 2.07.